The molecular formula is C128H100O12. The SMILES string of the molecule is COc1ccc(C(c2ccc(OC)cc2)=c2c3ccccc3c(=C(c3ccc(OC)cc3)c3ccc(OC)cc3)c3cc4cc5c(=C(c6ccc(OC)cc6)c6ccc(OC)cc6)c6cc7cc8c(=C(c9ccc(OC)cc9)c9ccc(OC)cc9)c9ccccc9c(=C(c9ccc(OC)cc9)c9ccc(OC)cc9)c8cc7cc6c(=C(c6ccc(OC)cc6)c6ccc(OC)cc6)c5cc4cc23)cc1. The Morgan fingerprint density at radius 3 is 0.300 bits per heavy atom. The summed E-state index contributed by atoms with van der Waals surface area (Å²) < 4.78 is 72.2. The van der Waals surface area contributed by atoms with Gasteiger partial charge in [0.25, 0.3) is 0 Å². The molecule has 21 aromatic carbocycles. The van der Waals surface area contributed by atoms with Crippen LogP contribution in [0.3, 0.4) is 0 Å². The van der Waals surface area contributed by atoms with Crippen LogP contribution in [0.25, 0.3) is 120 Å². The first kappa shape index (κ1) is 89.1. The first-order chi connectivity index (χ1) is 68.8. The number of methoxy groups -OCH3 is 12. The lowest BCUT2D eigenvalue weighted by atomic mass is 9.83. The van der Waals surface area contributed by atoms with Gasteiger partial charge >= 0.3 is 0 Å². The topological polar surface area (TPSA) is 111 Å². The number of ether oxygens (including phenoxy) is 12. The Morgan fingerprint density at radius 2 is 0.207 bits per heavy atom. The van der Waals surface area contributed by atoms with Crippen molar-refractivity contribution in [2.24, 2.45) is 0 Å². The molecule has 21 aromatic rings. The van der Waals surface area contributed by atoms with Crippen molar-refractivity contribution in [3.05, 3.63) is 486 Å². The molecule has 12 heteroatoms. The lowest BCUT2D eigenvalue weighted by Gasteiger charge is -2.21. The Bertz CT molecular complexity index is 7570. The normalized spacial score (nSPS) is 11.3. The van der Waals surface area contributed by atoms with Crippen molar-refractivity contribution in [1.29, 1.82) is 0 Å². The zero-order chi connectivity index (χ0) is 95.8. The molecule has 0 radical (unpaired) electrons. The smallest absolute Gasteiger partial charge is 0.118 e. The summed E-state index contributed by atoms with van der Waals surface area (Å²) >= 11 is 0. The maximum absolute atomic E-state index is 6.10. The Kier molecular flexibility index (Phi) is 24.4. The second-order valence-corrected chi connectivity index (χ2v) is 34.6. The molecule has 0 N–H and O–H groups in total. The van der Waals surface area contributed by atoms with Gasteiger partial charge in [-0.3, -0.25) is 0 Å². The minimum absolute atomic E-state index is 0.715. The molecule has 0 spiro atoms. The van der Waals surface area contributed by atoms with Crippen molar-refractivity contribution in [3.8, 4) is 69.0 Å². The highest BCUT2D eigenvalue weighted by Gasteiger charge is 2.27. The zero-order valence-corrected chi connectivity index (χ0v) is 79.8. The molecule has 0 aliphatic heterocycles. The molecule has 0 heterocycles. The van der Waals surface area contributed by atoms with Gasteiger partial charge in [-0.05, 0) is 412 Å². The third-order valence-electron chi connectivity index (χ3n) is 27.4. The van der Waals surface area contributed by atoms with Gasteiger partial charge in [-0.25, -0.2) is 0 Å². The van der Waals surface area contributed by atoms with Gasteiger partial charge < -0.3 is 56.8 Å². The number of rotatable bonds is 24. The molecule has 0 bridgehead atoms. The van der Waals surface area contributed by atoms with Crippen molar-refractivity contribution in [1.82, 2.24) is 0 Å². The van der Waals surface area contributed by atoms with Crippen LogP contribution in [0.4, 0.5) is 0 Å². The molecule has 684 valence electrons. The molecule has 0 aromatic heterocycles. The highest BCUT2D eigenvalue weighted by atomic mass is 16.5. The van der Waals surface area contributed by atoms with E-state index in [9.17, 15) is 0 Å². The molecule has 0 fully saturated rings. The summed E-state index contributed by atoms with van der Waals surface area (Å²) in [6.45, 7) is 0. The molecule has 0 amide bonds. The van der Waals surface area contributed by atoms with Crippen molar-refractivity contribution >= 4 is 120 Å². The summed E-state index contributed by atoms with van der Waals surface area (Å²) in [7, 11) is 20.6. The summed E-state index contributed by atoms with van der Waals surface area (Å²) in [5.74, 6) is 8.76. The fraction of sp³-hybridized carbons (Fsp3) is 0.0938. The van der Waals surface area contributed by atoms with Gasteiger partial charge in [0.2, 0.25) is 0 Å². The average molecular weight is 1830 g/mol. The van der Waals surface area contributed by atoms with Crippen LogP contribution in [0, 0.1) is 0 Å². The van der Waals surface area contributed by atoms with Crippen LogP contribution in [0.5, 0.6) is 69.0 Å². The number of fused-ring (bicyclic) bond motifs is 8. The lowest BCUT2D eigenvalue weighted by molar-refractivity contribution is 0.414. The van der Waals surface area contributed by atoms with Gasteiger partial charge in [0.15, 0.2) is 0 Å². The van der Waals surface area contributed by atoms with Gasteiger partial charge in [-0.15, -0.1) is 0 Å². The van der Waals surface area contributed by atoms with Crippen molar-refractivity contribution in [2.75, 3.05) is 85.3 Å². The molecule has 0 saturated carbocycles. The number of hydrogen-bond donors (Lipinski definition) is 0. The second kappa shape index (κ2) is 38.4. The minimum Gasteiger partial charge on any atom is -0.497 e. The van der Waals surface area contributed by atoms with Crippen LogP contribution in [-0.2, 0) is 0 Å². The third-order valence-corrected chi connectivity index (χ3v) is 27.4. The van der Waals surface area contributed by atoms with Gasteiger partial charge in [0.05, 0.1) is 85.3 Å². The minimum atomic E-state index is 0.715. The monoisotopic (exact) mass is 1830 g/mol. The molecule has 0 atom stereocenters. The predicted octanol–water partition coefficient (Wildman–Crippen LogP) is 24.5. The van der Waals surface area contributed by atoms with Crippen LogP contribution in [0.1, 0.15) is 66.8 Å². The zero-order valence-electron chi connectivity index (χ0n) is 79.8. The van der Waals surface area contributed by atoms with Crippen molar-refractivity contribution < 1.29 is 56.8 Å². The summed E-state index contributed by atoms with van der Waals surface area (Å²) in [4.78, 5) is 0. The van der Waals surface area contributed by atoms with Crippen molar-refractivity contribution in [3.63, 3.8) is 0 Å². The Labute approximate surface area is 811 Å². The van der Waals surface area contributed by atoms with E-state index in [1.54, 1.807) is 85.3 Å². The number of benzene rings is 21. The number of hydrogen-bond acceptors (Lipinski definition) is 12. The van der Waals surface area contributed by atoms with Crippen LogP contribution >= 0.6 is 0 Å². The Hall–Kier alpha value is -17.5. The van der Waals surface area contributed by atoms with E-state index >= 15 is 0 Å². The summed E-state index contributed by atoms with van der Waals surface area (Å²) in [5, 5.41) is 22.1. The average Bonchev–Trinajstić information content (AvgIpc) is 0.777. The first-order valence-corrected chi connectivity index (χ1v) is 46.5. The van der Waals surface area contributed by atoms with E-state index in [0.717, 1.165) is 264 Å². The largest absolute Gasteiger partial charge is 0.497 e. The molecule has 12 nitrogen and oxygen atoms in total. The van der Waals surface area contributed by atoms with E-state index in [-0.39, 0.29) is 0 Å². The predicted molar refractivity (Wildman–Crippen MR) is 570 cm³/mol. The summed E-state index contributed by atoms with van der Waals surface area (Å²) in [6.07, 6.45) is 0. The van der Waals surface area contributed by atoms with Gasteiger partial charge in [0.1, 0.15) is 69.0 Å². The van der Waals surface area contributed by atoms with E-state index in [1.807, 2.05) is 0 Å². The summed E-state index contributed by atoms with van der Waals surface area (Å²) in [5.41, 5.74) is 17.7. The molecule has 0 aliphatic rings. The lowest BCUT2D eigenvalue weighted by Crippen LogP contribution is -2.22. The van der Waals surface area contributed by atoms with Crippen LogP contribution in [0.2, 0.25) is 0 Å². The molecule has 0 unspecified atom stereocenters. The van der Waals surface area contributed by atoms with Crippen molar-refractivity contribution in [2.45, 2.75) is 0 Å². The molecule has 21 rings (SSSR count). The van der Waals surface area contributed by atoms with E-state index in [0.29, 0.717) is 23.0 Å². The van der Waals surface area contributed by atoms with E-state index < -0.39 is 0 Å². The fourth-order valence-electron chi connectivity index (χ4n) is 20.5. The Balaban J connectivity index is 1.07. The Morgan fingerprint density at radius 1 is 0.114 bits per heavy atom. The van der Waals surface area contributed by atoms with E-state index in [1.165, 1.54) is 0 Å². The molecular weight excluding hydrogens is 1730 g/mol. The standard InChI is InChI=1S/C128H100O12/c1-129-93-45-21-77(22-46-93)117(78-23-47-94(130-2)48-24-78)123-105-17-13-14-18-106(105)124(118(79-25-49-95(131-3)50-26-79)80-27-51-96(132-4)52-28-80)110-70-90-74-114-113(73-89(90)69-109(110)123)127(121(85-37-61-101(137-9)62-38-85)86-39-63-102(138-10)64-40-86)115-75-91-71-111-112(72-92(91)76-116(115)128(114)122(87-41-65-103(139-11)66-42-87)88-43-67-104(140-12)68-44-88)126(120(83-33-57-99(135-7)58-34-83)84-35-59-100(136-8)60-36-84)108-20-16-15-19-107(108)125(111)119(81-29-53-97(133-5)54-30-81)82-31-55-98(134-6)56-32-82/h13-76H,1-12H3. The maximum atomic E-state index is 6.10. The highest BCUT2D eigenvalue weighted by molar-refractivity contribution is 6.19. The molecule has 0 saturated heterocycles. The summed E-state index contributed by atoms with van der Waals surface area (Å²) in [6, 6.07) is 139. The highest BCUT2D eigenvalue weighted by Crippen LogP contribution is 2.41. The van der Waals surface area contributed by atoms with E-state index in [4.69, 9.17) is 56.8 Å². The third kappa shape index (κ3) is 16.3. The molecule has 140 heavy (non-hydrogen) atoms. The van der Waals surface area contributed by atoms with Gasteiger partial charge in [-0.1, -0.05) is 194 Å². The molecule has 0 aliphatic carbocycles. The van der Waals surface area contributed by atoms with Gasteiger partial charge in [0, 0.05) is 0 Å². The van der Waals surface area contributed by atoms with Gasteiger partial charge in [-0.2, -0.15) is 0 Å². The fourth-order valence-corrected chi connectivity index (χ4v) is 20.5. The second-order valence-electron chi connectivity index (χ2n) is 34.6. The first-order valence-electron chi connectivity index (χ1n) is 46.5. The van der Waals surface area contributed by atoms with Crippen LogP contribution in [0.15, 0.2) is 388 Å². The van der Waals surface area contributed by atoms with Crippen LogP contribution < -0.4 is 88.2 Å². The van der Waals surface area contributed by atoms with E-state index in [2.05, 4.69) is 388 Å². The maximum Gasteiger partial charge on any atom is 0.118 e. The quantitative estimate of drug-likeness (QED) is 0.0537. The van der Waals surface area contributed by atoms with Crippen LogP contribution in [-0.4, -0.2) is 85.3 Å².